The number of aromatic nitrogens is 4. The van der Waals surface area contributed by atoms with Crippen LogP contribution in [0.15, 0.2) is 48.5 Å². The molecule has 4 aromatic rings. The molecular formula is C26H30N6O. The van der Waals surface area contributed by atoms with E-state index in [0.29, 0.717) is 19.5 Å². The van der Waals surface area contributed by atoms with Gasteiger partial charge in [0.25, 0.3) is 0 Å². The predicted molar refractivity (Wildman–Crippen MR) is 131 cm³/mol. The number of hydrogen-bond donors (Lipinski definition) is 0. The van der Waals surface area contributed by atoms with Crippen molar-refractivity contribution in [3.05, 3.63) is 54.1 Å². The van der Waals surface area contributed by atoms with Crippen LogP contribution in [0.1, 0.15) is 32.8 Å². The number of aryl methyl sites for hydroxylation is 1. The highest BCUT2D eigenvalue weighted by molar-refractivity contribution is 5.93. The second-order valence-corrected chi connectivity index (χ2v) is 10.0. The number of amides is 1. The first-order valence-corrected chi connectivity index (χ1v) is 11.5. The second-order valence-electron chi connectivity index (χ2n) is 10.0. The zero-order valence-corrected chi connectivity index (χ0v) is 19.7. The summed E-state index contributed by atoms with van der Waals surface area (Å²) in [5.41, 5.74) is 3.88. The lowest BCUT2D eigenvalue weighted by Gasteiger charge is -2.36. The number of carbonyl (C=O) groups is 1. The second kappa shape index (κ2) is 8.14. The van der Waals surface area contributed by atoms with Crippen LogP contribution in [0.4, 0.5) is 5.95 Å². The van der Waals surface area contributed by atoms with E-state index in [1.54, 1.807) is 0 Å². The Labute approximate surface area is 194 Å². The average molecular weight is 443 g/mol. The molecule has 2 aromatic carbocycles. The fourth-order valence-electron chi connectivity index (χ4n) is 4.50. The van der Waals surface area contributed by atoms with E-state index in [-0.39, 0.29) is 11.3 Å². The highest BCUT2D eigenvalue weighted by atomic mass is 16.2. The Balaban J connectivity index is 1.56. The Morgan fingerprint density at radius 3 is 2.36 bits per heavy atom. The van der Waals surface area contributed by atoms with Gasteiger partial charge < -0.3 is 9.80 Å². The van der Waals surface area contributed by atoms with Gasteiger partial charge in [0, 0.05) is 43.5 Å². The molecule has 5 rings (SSSR count). The number of para-hydroxylation sites is 1. The van der Waals surface area contributed by atoms with Gasteiger partial charge in [-0.25, -0.2) is 9.38 Å². The van der Waals surface area contributed by atoms with Gasteiger partial charge in [-0.1, -0.05) is 57.2 Å². The molecule has 0 aliphatic carbocycles. The van der Waals surface area contributed by atoms with Crippen LogP contribution in [-0.4, -0.2) is 56.6 Å². The summed E-state index contributed by atoms with van der Waals surface area (Å²) in [4.78, 5) is 22.0. The van der Waals surface area contributed by atoms with Crippen molar-refractivity contribution in [3.8, 4) is 11.4 Å². The molecule has 1 aliphatic heterocycles. The molecule has 3 heterocycles. The standard InChI is InChI=1S/C26H30N6O/c1-18-9-5-6-10-19(18)23-28-29-24-20-11-7-8-12-21(20)27-25(32(23)24)31-15-13-30(14-16-31)22(33)17-26(2,3)4/h5-12H,13-17H2,1-4H3. The third-order valence-electron chi connectivity index (χ3n) is 6.21. The van der Waals surface area contributed by atoms with Crippen molar-refractivity contribution >= 4 is 28.4 Å². The summed E-state index contributed by atoms with van der Waals surface area (Å²) in [5, 5.41) is 10.2. The molecule has 1 amide bonds. The Hall–Kier alpha value is -3.48. The Morgan fingerprint density at radius 1 is 0.939 bits per heavy atom. The van der Waals surface area contributed by atoms with Crippen molar-refractivity contribution in [1.29, 1.82) is 0 Å². The molecule has 1 saturated heterocycles. The SMILES string of the molecule is Cc1ccccc1-c1nnc2c3ccccc3nc(N3CCN(C(=O)CC(C)(C)C)CC3)n12. The van der Waals surface area contributed by atoms with Gasteiger partial charge in [0.2, 0.25) is 11.9 Å². The Bertz CT molecular complexity index is 1330. The molecule has 0 saturated carbocycles. The summed E-state index contributed by atoms with van der Waals surface area (Å²) in [7, 11) is 0. The number of anilines is 1. The zero-order valence-electron chi connectivity index (χ0n) is 19.7. The van der Waals surface area contributed by atoms with E-state index in [2.05, 4.69) is 59.3 Å². The summed E-state index contributed by atoms with van der Waals surface area (Å²) >= 11 is 0. The fraction of sp³-hybridized carbons (Fsp3) is 0.385. The molecule has 170 valence electrons. The first-order valence-electron chi connectivity index (χ1n) is 11.5. The Morgan fingerprint density at radius 2 is 1.64 bits per heavy atom. The number of rotatable bonds is 3. The average Bonchev–Trinajstić information content (AvgIpc) is 3.23. The van der Waals surface area contributed by atoms with E-state index in [0.717, 1.165) is 52.5 Å². The highest BCUT2D eigenvalue weighted by Gasteiger charge is 2.28. The number of benzene rings is 2. The van der Waals surface area contributed by atoms with Gasteiger partial charge in [0.1, 0.15) is 0 Å². The molecule has 0 bridgehead atoms. The van der Waals surface area contributed by atoms with Gasteiger partial charge >= 0.3 is 0 Å². The molecule has 1 aliphatic rings. The van der Waals surface area contributed by atoms with E-state index >= 15 is 0 Å². The van der Waals surface area contributed by atoms with Crippen LogP contribution >= 0.6 is 0 Å². The molecule has 0 N–H and O–H groups in total. The number of fused-ring (bicyclic) bond motifs is 3. The number of nitrogens with zero attached hydrogens (tertiary/aromatic N) is 6. The largest absolute Gasteiger partial charge is 0.339 e. The van der Waals surface area contributed by atoms with Crippen molar-refractivity contribution in [2.24, 2.45) is 5.41 Å². The first kappa shape index (κ1) is 21.4. The first-order chi connectivity index (χ1) is 15.8. The van der Waals surface area contributed by atoms with Crippen LogP contribution in [0.5, 0.6) is 0 Å². The lowest BCUT2D eigenvalue weighted by molar-refractivity contribution is -0.133. The van der Waals surface area contributed by atoms with Gasteiger partial charge in [0.05, 0.1) is 5.52 Å². The summed E-state index contributed by atoms with van der Waals surface area (Å²) in [6.07, 6.45) is 0.564. The van der Waals surface area contributed by atoms with E-state index < -0.39 is 0 Å². The molecule has 7 nitrogen and oxygen atoms in total. The topological polar surface area (TPSA) is 66.6 Å². The number of hydrogen-bond acceptors (Lipinski definition) is 5. The van der Waals surface area contributed by atoms with E-state index in [1.807, 2.05) is 41.3 Å². The summed E-state index contributed by atoms with van der Waals surface area (Å²) in [6, 6.07) is 16.3. The van der Waals surface area contributed by atoms with Crippen LogP contribution in [0.2, 0.25) is 0 Å². The zero-order chi connectivity index (χ0) is 23.2. The van der Waals surface area contributed by atoms with Gasteiger partial charge in [-0.2, -0.15) is 0 Å². The quantitative estimate of drug-likeness (QED) is 0.472. The number of carbonyl (C=O) groups excluding carboxylic acids is 1. The predicted octanol–water partition coefficient (Wildman–Crippen LogP) is 4.34. The van der Waals surface area contributed by atoms with E-state index in [9.17, 15) is 4.79 Å². The van der Waals surface area contributed by atoms with Gasteiger partial charge in [-0.3, -0.25) is 4.79 Å². The minimum Gasteiger partial charge on any atom is -0.339 e. The normalized spacial score (nSPS) is 14.9. The molecule has 0 radical (unpaired) electrons. The van der Waals surface area contributed by atoms with Crippen molar-refractivity contribution in [2.45, 2.75) is 34.1 Å². The minimum atomic E-state index is -0.00872. The van der Waals surface area contributed by atoms with Gasteiger partial charge in [-0.15, -0.1) is 10.2 Å². The lowest BCUT2D eigenvalue weighted by atomic mass is 9.91. The highest BCUT2D eigenvalue weighted by Crippen LogP contribution is 2.30. The summed E-state index contributed by atoms with van der Waals surface area (Å²) < 4.78 is 2.08. The monoisotopic (exact) mass is 442 g/mol. The molecular weight excluding hydrogens is 412 g/mol. The summed E-state index contributed by atoms with van der Waals surface area (Å²) in [5.74, 6) is 1.85. The molecule has 7 heteroatoms. The van der Waals surface area contributed by atoms with Crippen LogP contribution in [0.3, 0.4) is 0 Å². The van der Waals surface area contributed by atoms with Crippen molar-refractivity contribution < 1.29 is 4.79 Å². The maximum Gasteiger partial charge on any atom is 0.223 e. The molecule has 33 heavy (non-hydrogen) atoms. The lowest BCUT2D eigenvalue weighted by Crippen LogP contribution is -2.50. The smallest absolute Gasteiger partial charge is 0.223 e. The van der Waals surface area contributed by atoms with E-state index in [4.69, 9.17) is 4.98 Å². The van der Waals surface area contributed by atoms with E-state index in [1.165, 1.54) is 0 Å². The van der Waals surface area contributed by atoms with Crippen molar-refractivity contribution in [1.82, 2.24) is 24.5 Å². The van der Waals surface area contributed by atoms with Crippen LogP contribution in [0, 0.1) is 12.3 Å². The third-order valence-corrected chi connectivity index (χ3v) is 6.21. The van der Waals surface area contributed by atoms with Crippen LogP contribution in [-0.2, 0) is 4.79 Å². The van der Waals surface area contributed by atoms with Crippen molar-refractivity contribution in [2.75, 3.05) is 31.1 Å². The third kappa shape index (κ3) is 4.03. The minimum absolute atomic E-state index is 0.00872. The van der Waals surface area contributed by atoms with Crippen LogP contribution in [0.25, 0.3) is 27.9 Å². The van der Waals surface area contributed by atoms with Gasteiger partial charge in [0.15, 0.2) is 11.5 Å². The number of piperazine rings is 1. The molecule has 0 atom stereocenters. The molecule has 0 unspecified atom stereocenters. The molecule has 0 spiro atoms. The maximum atomic E-state index is 12.7. The Kier molecular flexibility index (Phi) is 5.27. The van der Waals surface area contributed by atoms with Gasteiger partial charge in [-0.05, 0) is 30.0 Å². The van der Waals surface area contributed by atoms with Crippen molar-refractivity contribution in [3.63, 3.8) is 0 Å². The molecule has 1 fully saturated rings. The molecule has 2 aromatic heterocycles. The summed E-state index contributed by atoms with van der Waals surface area (Å²) in [6.45, 7) is 11.2. The van der Waals surface area contributed by atoms with Crippen LogP contribution < -0.4 is 4.90 Å². The maximum absolute atomic E-state index is 12.7. The fourth-order valence-corrected chi connectivity index (χ4v) is 4.50.